The predicted octanol–water partition coefficient (Wildman–Crippen LogP) is 2.41. The maximum Gasteiger partial charge on any atom is 0.319 e. The summed E-state index contributed by atoms with van der Waals surface area (Å²) in [7, 11) is 1.56. The number of carbonyl (C=O) groups excluding carboxylic acids is 2. The number of hydrogen-bond acceptors (Lipinski definition) is 3. The first kappa shape index (κ1) is 15.9. The molecule has 0 spiro atoms. The van der Waals surface area contributed by atoms with Gasteiger partial charge in [-0.1, -0.05) is 24.3 Å². The van der Waals surface area contributed by atoms with Gasteiger partial charge in [0.05, 0.1) is 13.7 Å². The molecule has 0 bridgehead atoms. The van der Waals surface area contributed by atoms with Crippen LogP contribution in [0.5, 0.6) is 5.75 Å². The Morgan fingerprint density at radius 1 is 1.17 bits per heavy atom. The highest BCUT2D eigenvalue weighted by molar-refractivity contribution is 5.99. The highest BCUT2D eigenvalue weighted by atomic mass is 16.5. The minimum Gasteiger partial charge on any atom is -0.497 e. The van der Waals surface area contributed by atoms with Gasteiger partial charge in [-0.2, -0.15) is 0 Å². The van der Waals surface area contributed by atoms with Crippen LogP contribution in [0.3, 0.4) is 0 Å². The van der Waals surface area contributed by atoms with E-state index in [0.29, 0.717) is 18.0 Å². The Labute approximate surface area is 140 Å². The van der Waals surface area contributed by atoms with Crippen molar-refractivity contribution in [1.29, 1.82) is 0 Å². The molecule has 0 atom stereocenters. The number of urea groups is 1. The van der Waals surface area contributed by atoms with E-state index >= 15 is 0 Å². The van der Waals surface area contributed by atoms with Crippen LogP contribution >= 0.6 is 0 Å². The van der Waals surface area contributed by atoms with Crippen molar-refractivity contribution in [2.75, 3.05) is 30.4 Å². The molecular weight excluding hydrogens is 306 g/mol. The molecule has 24 heavy (non-hydrogen) atoms. The van der Waals surface area contributed by atoms with Crippen molar-refractivity contribution in [1.82, 2.24) is 5.32 Å². The van der Waals surface area contributed by atoms with Crippen molar-refractivity contribution in [3.05, 3.63) is 54.1 Å². The average Bonchev–Trinajstić information content (AvgIpc) is 3.04. The summed E-state index contributed by atoms with van der Waals surface area (Å²) in [4.78, 5) is 26.0. The van der Waals surface area contributed by atoms with Crippen LogP contribution < -0.4 is 20.3 Å². The summed E-state index contributed by atoms with van der Waals surface area (Å²) in [6, 6.07) is 14.4. The number of ether oxygens (including phenoxy) is 1. The van der Waals surface area contributed by atoms with E-state index in [1.54, 1.807) is 36.3 Å². The predicted molar refractivity (Wildman–Crippen MR) is 92.5 cm³/mol. The highest BCUT2D eigenvalue weighted by Gasteiger charge is 2.24. The van der Waals surface area contributed by atoms with Crippen molar-refractivity contribution in [2.24, 2.45) is 0 Å². The third kappa shape index (κ3) is 3.48. The van der Waals surface area contributed by atoms with E-state index < -0.39 is 6.03 Å². The number of methoxy groups -OCH3 is 1. The van der Waals surface area contributed by atoms with Crippen LogP contribution in [-0.2, 0) is 11.2 Å². The van der Waals surface area contributed by atoms with E-state index in [9.17, 15) is 9.59 Å². The SMILES string of the molecule is COc1cccc(NC(=O)NCC(=O)N2CCc3ccccc32)c1. The maximum absolute atomic E-state index is 12.3. The van der Waals surface area contributed by atoms with Crippen LogP contribution in [0, 0.1) is 0 Å². The van der Waals surface area contributed by atoms with E-state index in [-0.39, 0.29) is 12.5 Å². The van der Waals surface area contributed by atoms with Gasteiger partial charge in [0.2, 0.25) is 5.91 Å². The number of nitrogens with zero attached hydrogens (tertiary/aromatic N) is 1. The lowest BCUT2D eigenvalue weighted by Gasteiger charge is -2.17. The molecule has 3 amide bonds. The fourth-order valence-corrected chi connectivity index (χ4v) is 2.72. The summed E-state index contributed by atoms with van der Waals surface area (Å²) in [6.45, 7) is 0.599. The van der Waals surface area contributed by atoms with Gasteiger partial charge in [-0.3, -0.25) is 4.79 Å². The Bertz CT molecular complexity index is 761. The van der Waals surface area contributed by atoms with Gasteiger partial charge < -0.3 is 20.3 Å². The maximum atomic E-state index is 12.3. The Morgan fingerprint density at radius 2 is 2.00 bits per heavy atom. The topological polar surface area (TPSA) is 70.7 Å². The smallest absolute Gasteiger partial charge is 0.319 e. The molecule has 0 saturated carbocycles. The second-order valence-electron chi connectivity index (χ2n) is 5.46. The zero-order valence-electron chi connectivity index (χ0n) is 13.4. The molecule has 1 aliphatic heterocycles. The van der Waals surface area contributed by atoms with Crippen molar-refractivity contribution in [3.8, 4) is 5.75 Å². The first-order chi connectivity index (χ1) is 11.7. The summed E-state index contributed by atoms with van der Waals surface area (Å²) >= 11 is 0. The fraction of sp³-hybridized carbons (Fsp3) is 0.222. The van der Waals surface area contributed by atoms with Crippen LogP contribution in [0.2, 0.25) is 0 Å². The monoisotopic (exact) mass is 325 g/mol. The highest BCUT2D eigenvalue weighted by Crippen LogP contribution is 2.27. The van der Waals surface area contributed by atoms with Crippen molar-refractivity contribution in [2.45, 2.75) is 6.42 Å². The van der Waals surface area contributed by atoms with Crippen molar-refractivity contribution in [3.63, 3.8) is 0 Å². The largest absolute Gasteiger partial charge is 0.497 e. The molecule has 0 aromatic heterocycles. The number of anilines is 2. The summed E-state index contributed by atoms with van der Waals surface area (Å²) in [5, 5.41) is 5.27. The van der Waals surface area contributed by atoms with Crippen molar-refractivity contribution >= 4 is 23.3 Å². The zero-order valence-corrected chi connectivity index (χ0v) is 13.4. The lowest BCUT2D eigenvalue weighted by atomic mass is 10.2. The second kappa shape index (κ2) is 7.04. The van der Waals surface area contributed by atoms with Crippen LogP contribution in [0.25, 0.3) is 0 Å². The van der Waals surface area contributed by atoms with Gasteiger partial charge in [0.25, 0.3) is 0 Å². The molecular formula is C18H19N3O3. The molecule has 0 unspecified atom stereocenters. The van der Waals surface area contributed by atoms with Crippen LogP contribution in [0.15, 0.2) is 48.5 Å². The minimum absolute atomic E-state index is 0.0515. The van der Waals surface area contributed by atoms with E-state index in [1.165, 1.54) is 0 Å². The standard InChI is InChI=1S/C18H19N3O3/c1-24-15-7-4-6-14(11-15)20-18(23)19-12-17(22)21-10-9-13-5-2-3-8-16(13)21/h2-8,11H,9-10,12H2,1H3,(H2,19,20,23). The van der Waals surface area contributed by atoms with E-state index in [2.05, 4.69) is 10.6 Å². The number of fused-ring (bicyclic) bond motifs is 1. The Hall–Kier alpha value is -3.02. The Balaban J connectivity index is 1.54. The summed E-state index contributed by atoms with van der Waals surface area (Å²) in [5.74, 6) is 0.526. The molecule has 6 nitrogen and oxygen atoms in total. The molecule has 1 aliphatic rings. The summed E-state index contributed by atoms with van der Waals surface area (Å²) < 4.78 is 5.10. The van der Waals surface area contributed by atoms with Gasteiger partial charge in [-0.05, 0) is 30.2 Å². The molecule has 0 radical (unpaired) electrons. The lowest BCUT2D eigenvalue weighted by molar-refractivity contribution is -0.117. The number of amides is 3. The first-order valence-electron chi connectivity index (χ1n) is 7.74. The number of hydrogen-bond donors (Lipinski definition) is 2. The van der Waals surface area contributed by atoms with Gasteiger partial charge in [0.1, 0.15) is 5.75 Å². The lowest BCUT2D eigenvalue weighted by Crippen LogP contribution is -2.41. The molecule has 124 valence electrons. The molecule has 0 saturated heterocycles. The fourth-order valence-electron chi connectivity index (χ4n) is 2.72. The molecule has 6 heteroatoms. The molecule has 3 rings (SSSR count). The third-order valence-corrected chi connectivity index (χ3v) is 3.92. The molecule has 2 aromatic carbocycles. The van der Waals surface area contributed by atoms with Gasteiger partial charge in [-0.25, -0.2) is 4.79 Å². The number of para-hydroxylation sites is 1. The molecule has 2 N–H and O–H groups in total. The van der Waals surface area contributed by atoms with Gasteiger partial charge >= 0.3 is 6.03 Å². The molecule has 1 heterocycles. The Kier molecular flexibility index (Phi) is 4.65. The quantitative estimate of drug-likeness (QED) is 0.907. The first-order valence-corrected chi connectivity index (χ1v) is 7.74. The number of benzene rings is 2. The Morgan fingerprint density at radius 3 is 2.83 bits per heavy atom. The van der Waals surface area contributed by atoms with E-state index in [0.717, 1.165) is 17.7 Å². The van der Waals surface area contributed by atoms with Crippen LogP contribution in [-0.4, -0.2) is 32.1 Å². The molecule has 2 aromatic rings. The molecule has 0 fully saturated rings. The van der Waals surface area contributed by atoms with Crippen LogP contribution in [0.1, 0.15) is 5.56 Å². The normalized spacial score (nSPS) is 12.5. The van der Waals surface area contributed by atoms with E-state index in [1.807, 2.05) is 24.3 Å². The minimum atomic E-state index is -0.427. The van der Waals surface area contributed by atoms with Crippen molar-refractivity contribution < 1.29 is 14.3 Å². The number of rotatable bonds is 4. The molecule has 0 aliphatic carbocycles. The zero-order chi connectivity index (χ0) is 16.9. The summed E-state index contributed by atoms with van der Waals surface area (Å²) in [5.41, 5.74) is 2.69. The average molecular weight is 325 g/mol. The third-order valence-electron chi connectivity index (χ3n) is 3.92. The van der Waals surface area contributed by atoms with Gasteiger partial charge in [0.15, 0.2) is 0 Å². The van der Waals surface area contributed by atoms with Crippen LogP contribution in [0.4, 0.5) is 16.2 Å². The summed E-state index contributed by atoms with van der Waals surface area (Å²) in [6.07, 6.45) is 0.845. The number of nitrogens with one attached hydrogen (secondary N) is 2. The second-order valence-corrected chi connectivity index (χ2v) is 5.46. The van der Waals surface area contributed by atoms with Gasteiger partial charge in [0, 0.05) is 24.0 Å². The number of carbonyl (C=O) groups is 2. The van der Waals surface area contributed by atoms with E-state index in [4.69, 9.17) is 4.74 Å². The van der Waals surface area contributed by atoms with Gasteiger partial charge in [-0.15, -0.1) is 0 Å².